The number of para-hydroxylation sites is 2. The van der Waals surface area contributed by atoms with Gasteiger partial charge in [0, 0.05) is 54.1 Å². The number of H-pyrrole nitrogens is 1. The van der Waals surface area contributed by atoms with E-state index in [1.54, 1.807) is 0 Å². The van der Waals surface area contributed by atoms with Crippen LogP contribution in [-0.4, -0.2) is 4.98 Å². The second-order valence-corrected chi connectivity index (χ2v) is 12.1. The summed E-state index contributed by atoms with van der Waals surface area (Å²) in [5, 5.41) is 9.91. The van der Waals surface area contributed by atoms with E-state index in [2.05, 4.69) is 137 Å². The molecule has 0 aliphatic carbocycles. The number of aromatic amines is 1. The molecule has 10 rings (SSSR count). The van der Waals surface area contributed by atoms with Crippen molar-refractivity contribution >= 4 is 103 Å². The van der Waals surface area contributed by atoms with Crippen LogP contribution >= 0.6 is 11.3 Å². The van der Waals surface area contributed by atoms with Crippen molar-refractivity contribution in [1.29, 1.82) is 0 Å². The van der Waals surface area contributed by atoms with Crippen LogP contribution in [0.15, 0.2) is 132 Å². The number of rotatable bonds is 3. The fourth-order valence-corrected chi connectivity index (χ4v) is 8.07. The fourth-order valence-electron chi connectivity index (χ4n) is 6.88. The molecule has 0 amide bonds. The molecule has 0 aliphatic heterocycles. The van der Waals surface area contributed by atoms with Crippen LogP contribution in [0.3, 0.4) is 0 Å². The van der Waals surface area contributed by atoms with Gasteiger partial charge in [0.2, 0.25) is 0 Å². The number of aromatic nitrogens is 1. The Labute approximate surface area is 244 Å². The van der Waals surface area contributed by atoms with E-state index in [-0.39, 0.29) is 0 Å². The number of anilines is 3. The van der Waals surface area contributed by atoms with Crippen LogP contribution in [0.2, 0.25) is 0 Å². The van der Waals surface area contributed by atoms with E-state index in [1.807, 2.05) is 11.3 Å². The van der Waals surface area contributed by atoms with E-state index in [0.29, 0.717) is 0 Å². The zero-order chi connectivity index (χ0) is 27.4. The Hall–Kier alpha value is -5.32. The van der Waals surface area contributed by atoms with Crippen LogP contribution < -0.4 is 4.90 Å². The van der Waals surface area contributed by atoms with Crippen LogP contribution in [0.4, 0.5) is 17.1 Å². The largest absolute Gasteiger partial charge is 0.454 e. The van der Waals surface area contributed by atoms with Crippen LogP contribution in [0.25, 0.3) is 74.7 Å². The molecule has 0 aliphatic rings. The summed E-state index contributed by atoms with van der Waals surface area (Å²) in [5.74, 6) is 0. The van der Waals surface area contributed by atoms with Gasteiger partial charge in [-0.3, -0.25) is 0 Å². The third-order valence-electron chi connectivity index (χ3n) is 8.70. The van der Waals surface area contributed by atoms with Crippen molar-refractivity contribution in [2.45, 2.75) is 0 Å². The van der Waals surface area contributed by atoms with Gasteiger partial charge in [-0.1, -0.05) is 66.7 Å². The Balaban J connectivity index is 1.27. The predicted molar refractivity (Wildman–Crippen MR) is 179 cm³/mol. The van der Waals surface area contributed by atoms with E-state index in [0.717, 1.165) is 44.5 Å². The monoisotopic (exact) mass is 554 g/mol. The number of nitrogens with one attached hydrogen (secondary N) is 1. The molecule has 1 N–H and O–H groups in total. The molecule has 0 radical (unpaired) electrons. The first-order chi connectivity index (χ1) is 20.8. The molecule has 0 saturated heterocycles. The molecule has 0 atom stereocenters. The van der Waals surface area contributed by atoms with Crippen LogP contribution in [0.5, 0.6) is 0 Å². The van der Waals surface area contributed by atoms with Gasteiger partial charge in [-0.15, -0.1) is 11.3 Å². The molecule has 196 valence electrons. The highest BCUT2D eigenvalue weighted by atomic mass is 32.1. The molecule has 4 heteroatoms. The summed E-state index contributed by atoms with van der Waals surface area (Å²) >= 11 is 1.86. The Morgan fingerprint density at radius 1 is 0.524 bits per heavy atom. The first kappa shape index (κ1) is 22.4. The molecule has 3 heterocycles. The first-order valence-corrected chi connectivity index (χ1v) is 15.0. The second-order valence-electron chi connectivity index (χ2n) is 11.0. The Bertz CT molecular complexity index is 2590. The lowest BCUT2D eigenvalue weighted by molar-refractivity contribution is 0.672. The maximum atomic E-state index is 6.66. The minimum atomic E-state index is 0.891. The quantitative estimate of drug-likeness (QED) is 0.220. The standard InChI is InChI=1S/C38H22N2OS/c1-3-9-24(10-4-1)40(25-11-5-2-6-12-25)26-17-18-31-28(21-26)29-19-22-15-16-23-20-30-27-13-7-8-14-32(27)42-38(30)36-34(23)33(22)35(39-36)37(29)41-31/h1-21,39H. The Kier molecular flexibility index (Phi) is 4.33. The lowest BCUT2D eigenvalue weighted by Crippen LogP contribution is -2.09. The highest BCUT2D eigenvalue weighted by Crippen LogP contribution is 2.47. The summed E-state index contributed by atoms with van der Waals surface area (Å²) in [6.45, 7) is 0. The summed E-state index contributed by atoms with van der Waals surface area (Å²) in [6, 6.07) is 45.5. The topological polar surface area (TPSA) is 32.2 Å². The SMILES string of the molecule is c1ccc(N(c2ccccc2)c2ccc3oc4c(cc5ccc6cc7c8ccccc8sc7c7[nH]c4c5c67)c3c2)cc1. The molecular formula is C38H22N2OS. The van der Waals surface area contributed by atoms with Gasteiger partial charge < -0.3 is 14.3 Å². The maximum Gasteiger partial charge on any atom is 0.159 e. The van der Waals surface area contributed by atoms with E-state index < -0.39 is 0 Å². The average Bonchev–Trinajstić information content (AvgIpc) is 3.73. The molecule has 0 bridgehead atoms. The number of thiophene rings is 1. The van der Waals surface area contributed by atoms with Crippen LogP contribution in [-0.2, 0) is 0 Å². The van der Waals surface area contributed by atoms with Gasteiger partial charge in [0.1, 0.15) is 5.58 Å². The summed E-state index contributed by atoms with van der Waals surface area (Å²) in [6.07, 6.45) is 0. The van der Waals surface area contributed by atoms with Crippen molar-refractivity contribution in [3.63, 3.8) is 0 Å². The average molecular weight is 555 g/mol. The molecule has 10 aromatic rings. The van der Waals surface area contributed by atoms with Crippen molar-refractivity contribution < 1.29 is 4.42 Å². The summed E-state index contributed by atoms with van der Waals surface area (Å²) in [5.41, 5.74) is 7.42. The molecule has 0 fully saturated rings. The van der Waals surface area contributed by atoms with Crippen molar-refractivity contribution in [3.8, 4) is 0 Å². The van der Waals surface area contributed by atoms with Gasteiger partial charge in [0.25, 0.3) is 0 Å². The van der Waals surface area contributed by atoms with E-state index in [1.165, 1.54) is 47.2 Å². The van der Waals surface area contributed by atoms with Crippen LogP contribution in [0.1, 0.15) is 0 Å². The van der Waals surface area contributed by atoms with Crippen LogP contribution in [0, 0.1) is 0 Å². The smallest absolute Gasteiger partial charge is 0.159 e. The van der Waals surface area contributed by atoms with Gasteiger partial charge in [0.05, 0.1) is 15.7 Å². The third kappa shape index (κ3) is 2.94. The number of furan rings is 1. The normalized spacial score (nSPS) is 12.3. The predicted octanol–water partition coefficient (Wildman–Crippen LogP) is 11.6. The number of benzene rings is 7. The first-order valence-electron chi connectivity index (χ1n) is 14.2. The zero-order valence-corrected chi connectivity index (χ0v) is 23.2. The molecule has 42 heavy (non-hydrogen) atoms. The van der Waals surface area contributed by atoms with Crippen molar-refractivity contribution in [2.24, 2.45) is 0 Å². The Morgan fingerprint density at radius 3 is 1.95 bits per heavy atom. The molecule has 0 spiro atoms. The van der Waals surface area contributed by atoms with Gasteiger partial charge in [0.15, 0.2) is 5.58 Å². The lowest BCUT2D eigenvalue weighted by Gasteiger charge is -2.25. The number of fused-ring (bicyclic) bond motifs is 8. The number of nitrogens with zero attached hydrogens (tertiary/aromatic N) is 1. The summed E-state index contributed by atoms with van der Waals surface area (Å²) < 4.78 is 9.28. The highest BCUT2D eigenvalue weighted by molar-refractivity contribution is 7.26. The number of hydrogen-bond donors (Lipinski definition) is 1. The van der Waals surface area contributed by atoms with Crippen molar-refractivity contribution in [1.82, 2.24) is 4.98 Å². The highest BCUT2D eigenvalue weighted by Gasteiger charge is 2.22. The molecule has 3 nitrogen and oxygen atoms in total. The molecule has 7 aromatic carbocycles. The molecule has 0 unspecified atom stereocenters. The van der Waals surface area contributed by atoms with Gasteiger partial charge in [-0.05, 0) is 71.4 Å². The van der Waals surface area contributed by atoms with Crippen molar-refractivity contribution in [2.75, 3.05) is 4.90 Å². The third-order valence-corrected chi connectivity index (χ3v) is 9.91. The summed E-state index contributed by atoms with van der Waals surface area (Å²) in [7, 11) is 0. The van der Waals surface area contributed by atoms with Gasteiger partial charge in [-0.25, -0.2) is 0 Å². The van der Waals surface area contributed by atoms with E-state index in [4.69, 9.17) is 4.42 Å². The van der Waals surface area contributed by atoms with Gasteiger partial charge in [-0.2, -0.15) is 0 Å². The maximum absolute atomic E-state index is 6.66. The summed E-state index contributed by atoms with van der Waals surface area (Å²) in [4.78, 5) is 6.16. The van der Waals surface area contributed by atoms with E-state index >= 15 is 0 Å². The molecular weight excluding hydrogens is 532 g/mol. The minimum Gasteiger partial charge on any atom is -0.454 e. The van der Waals surface area contributed by atoms with Gasteiger partial charge >= 0.3 is 0 Å². The minimum absolute atomic E-state index is 0.891. The molecule has 0 saturated carbocycles. The molecule has 3 aromatic heterocycles. The lowest BCUT2D eigenvalue weighted by atomic mass is 9.98. The van der Waals surface area contributed by atoms with E-state index in [9.17, 15) is 0 Å². The van der Waals surface area contributed by atoms with Crippen molar-refractivity contribution in [3.05, 3.63) is 127 Å². The fraction of sp³-hybridized carbons (Fsp3) is 0. The Morgan fingerprint density at radius 2 is 1.19 bits per heavy atom. The number of hydrogen-bond acceptors (Lipinski definition) is 3. The zero-order valence-electron chi connectivity index (χ0n) is 22.4. The second kappa shape index (κ2) is 8.12.